The number of amides is 1. The summed E-state index contributed by atoms with van der Waals surface area (Å²) in [6.45, 7) is 4.06. The van der Waals surface area contributed by atoms with Gasteiger partial charge in [-0.1, -0.05) is 36.4 Å². The third-order valence-corrected chi connectivity index (χ3v) is 7.91. The molecule has 0 spiro atoms. The van der Waals surface area contributed by atoms with E-state index in [4.69, 9.17) is 23.9 Å². The van der Waals surface area contributed by atoms with E-state index in [-0.39, 0.29) is 30.1 Å². The van der Waals surface area contributed by atoms with Gasteiger partial charge in [0, 0.05) is 37.2 Å². The summed E-state index contributed by atoms with van der Waals surface area (Å²) in [4.78, 5) is 20.6. The zero-order chi connectivity index (χ0) is 24.5. The van der Waals surface area contributed by atoms with Crippen LogP contribution in [0, 0.1) is 11.3 Å². The Morgan fingerprint density at radius 2 is 1.94 bits per heavy atom. The third-order valence-electron chi connectivity index (χ3n) is 7.91. The number of hydrogen-bond acceptors (Lipinski definition) is 7. The van der Waals surface area contributed by atoms with Gasteiger partial charge in [-0.2, -0.15) is 0 Å². The number of methoxy groups -OCH3 is 1. The molecule has 1 saturated carbocycles. The molecule has 2 saturated heterocycles. The lowest BCUT2D eigenvalue weighted by molar-refractivity contribution is -0.123. The Balaban J connectivity index is 1.16. The summed E-state index contributed by atoms with van der Waals surface area (Å²) in [6, 6.07) is 8.33. The lowest BCUT2D eigenvalue weighted by Gasteiger charge is -2.39. The van der Waals surface area contributed by atoms with Crippen molar-refractivity contribution in [2.24, 2.45) is 16.3 Å². The number of benzene rings is 1. The fourth-order valence-electron chi connectivity index (χ4n) is 5.73. The van der Waals surface area contributed by atoms with E-state index in [2.05, 4.69) is 34.5 Å². The number of carbonyl (C=O) groups excluding carboxylic acids is 1. The molecule has 3 heterocycles. The number of ether oxygens (including phenoxy) is 4. The topological polar surface area (TPSA) is 81.6 Å². The summed E-state index contributed by atoms with van der Waals surface area (Å²) >= 11 is 0. The van der Waals surface area contributed by atoms with Crippen molar-refractivity contribution >= 4 is 11.7 Å². The first kappa shape index (κ1) is 23.6. The summed E-state index contributed by atoms with van der Waals surface area (Å²) in [5, 5.41) is 3.10. The highest BCUT2D eigenvalue weighted by Gasteiger charge is 2.53. The molecule has 1 amide bonds. The van der Waals surface area contributed by atoms with Gasteiger partial charge in [-0.05, 0) is 36.6 Å². The molecule has 36 heavy (non-hydrogen) atoms. The maximum atomic E-state index is 13.3. The van der Waals surface area contributed by atoms with Crippen molar-refractivity contribution in [2.45, 2.75) is 31.1 Å². The second-order valence-electron chi connectivity index (χ2n) is 9.98. The van der Waals surface area contributed by atoms with E-state index in [1.54, 1.807) is 7.11 Å². The standard InChI is InChI=1S/C28H33N3O5/c1-33-22-5-3-2-4-21(22)26(31-12-14-34-15-13-31)19-6-9-25(29-17-19)30-27(32)28(10-11-28)20-7-8-23-24(16-20)36-18-35-23/h2-9,16,19,23-24,26H,10-15,17-18H2,1H3,(H,29,30,32). The molecule has 4 unspecified atom stereocenters. The van der Waals surface area contributed by atoms with Crippen LogP contribution >= 0.6 is 0 Å². The SMILES string of the molecule is COc1ccccc1C(C1C=CC(NC(=O)C2(C3=CC4OCOC4C=C3)CC2)=NC1)N1CCOCC1. The van der Waals surface area contributed by atoms with Gasteiger partial charge in [0.25, 0.3) is 0 Å². The number of hydrogen-bond donors (Lipinski definition) is 1. The van der Waals surface area contributed by atoms with Crippen molar-refractivity contribution in [3.63, 3.8) is 0 Å². The van der Waals surface area contributed by atoms with E-state index < -0.39 is 5.41 Å². The molecular weight excluding hydrogens is 458 g/mol. The van der Waals surface area contributed by atoms with E-state index in [1.165, 1.54) is 0 Å². The van der Waals surface area contributed by atoms with Crippen LogP contribution in [-0.2, 0) is 19.0 Å². The van der Waals surface area contributed by atoms with Crippen LogP contribution in [-0.4, -0.2) is 75.6 Å². The van der Waals surface area contributed by atoms with Crippen molar-refractivity contribution in [1.82, 2.24) is 10.2 Å². The van der Waals surface area contributed by atoms with E-state index in [9.17, 15) is 4.79 Å². The summed E-state index contributed by atoms with van der Waals surface area (Å²) < 4.78 is 22.5. The number of fused-ring (bicyclic) bond motifs is 1. The fraction of sp³-hybridized carbons (Fsp3) is 0.500. The number of aliphatic imine (C=N–C) groups is 1. The van der Waals surface area contributed by atoms with Gasteiger partial charge in [0.1, 0.15) is 30.6 Å². The largest absolute Gasteiger partial charge is 0.496 e. The lowest BCUT2D eigenvalue weighted by Crippen LogP contribution is -2.43. The molecule has 190 valence electrons. The number of amidine groups is 1. The molecule has 8 nitrogen and oxygen atoms in total. The Morgan fingerprint density at radius 1 is 1.14 bits per heavy atom. The Bertz CT molecular complexity index is 1120. The normalized spacial score (nSPS) is 29.6. The number of nitrogens with one attached hydrogen (secondary N) is 1. The summed E-state index contributed by atoms with van der Waals surface area (Å²) in [7, 11) is 1.72. The highest BCUT2D eigenvalue weighted by atomic mass is 16.7. The van der Waals surface area contributed by atoms with Crippen LogP contribution in [0.15, 0.2) is 65.2 Å². The van der Waals surface area contributed by atoms with Crippen LogP contribution in [0.3, 0.4) is 0 Å². The molecule has 2 aliphatic carbocycles. The number of rotatable bonds is 6. The minimum atomic E-state index is -0.492. The van der Waals surface area contributed by atoms with Crippen LogP contribution in [0.25, 0.3) is 0 Å². The van der Waals surface area contributed by atoms with Crippen molar-refractivity contribution in [1.29, 1.82) is 0 Å². The van der Waals surface area contributed by atoms with Gasteiger partial charge in [-0.25, -0.2) is 0 Å². The van der Waals surface area contributed by atoms with E-state index in [1.807, 2.05) is 30.4 Å². The average Bonchev–Trinajstić information content (AvgIpc) is 3.61. The van der Waals surface area contributed by atoms with Gasteiger partial charge >= 0.3 is 0 Å². The molecule has 3 fully saturated rings. The predicted octanol–water partition coefficient (Wildman–Crippen LogP) is 2.79. The Hall–Kier alpha value is -2.78. The molecule has 6 rings (SSSR count). The quantitative estimate of drug-likeness (QED) is 0.659. The highest BCUT2D eigenvalue weighted by Crippen LogP contribution is 2.53. The average molecular weight is 492 g/mol. The van der Waals surface area contributed by atoms with Crippen molar-refractivity contribution in [2.75, 3.05) is 46.8 Å². The zero-order valence-electron chi connectivity index (χ0n) is 20.6. The van der Waals surface area contributed by atoms with E-state index >= 15 is 0 Å². The van der Waals surface area contributed by atoms with Crippen LogP contribution in [0.5, 0.6) is 5.75 Å². The lowest BCUT2D eigenvalue weighted by atomic mass is 9.88. The maximum absolute atomic E-state index is 13.3. The Labute approximate surface area is 211 Å². The molecule has 4 atom stereocenters. The van der Waals surface area contributed by atoms with Crippen LogP contribution in [0.1, 0.15) is 24.4 Å². The molecule has 1 N–H and O–H groups in total. The molecule has 1 aromatic carbocycles. The van der Waals surface area contributed by atoms with Crippen molar-refractivity contribution in [3.8, 4) is 5.75 Å². The second-order valence-corrected chi connectivity index (χ2v) is 9.98. The van der Waals surface area contributed by atoms with Gasteiger partial charge < -0.3 is 24.3 Å². The molecule has 0 aromatic heterocycles. The minimum absolute atomic E-state index is 0.00655. The summed E-state index contributed by atoms with van der Waals surface area (Å²) in [5.41, 5.74) is 1.69. The van der Waals surface area contributed by atoms with Gasteiger partial charge in [0.05, 0.1) is 25.7 Å². The van der Waals surface area contributed by atoms with Gasteiger partial charge in [-0.3, -0.25) is 14.7 Å². The first-order valence-electron chi connectivity index (χ1n) is 12.8. The van der Waals surface area contributed by atoms with Gasteiger partial charge in [0.2, 0.25) is 5.91 Å². The molecule has 1 aromatic rings. The molecule has 0 radical (unpaired) electrons. The van der Waals surface area contributed by atoms with Crippen LogP contribution in [0.2, 0.25) is 0 Å². The summed E-state index contributed by atoms with van der Waals surface area (Å²) in [5.74, 6) is 1.68. The number of dihydropyridines is 1. The highest BCUT2D eigenvalue weighted by molar-refractivity contribution is 6.08. The molecule has 8 heteroatoms. The number of morpholine rings is 1. The monoisotopic (exact) mass is 491 g/mol. The first-order chi connectivity index (χ1) is 17.7. The van der Waals surface area contributed by atoms with E-state index in [0.29, 0.717) is 19.2 Å². The third kappa shape index (κ3) is 4.43. The number of carbonyl (C=O) groups is 1. The first-order valence-corrected chi connectivity index (χ1v) is 12.8. The minimum Gasteiger partial charge on any atom is -0.496 e. The number of allylic oxidation sites excluding steroid dienone is 1. The number of para-hydroxylation sites is 1. The zero-order valence-corrected chi connectivity index (χ0v) is 20.6. The smallest absolute Gasteiger partial charge is 0.236 e. The molecule has 0 bridgehead atoms. The Morgan fingerprint density at radius 3 is 2.69 bits per heavy atom. The molecule has 3 aliphatic heterocycles. The molecular formula is C28H33N3O5. The van der Waals surface area contributed by atoms with Crippen molar-refractivity contribution < 1.29 is 23.7 Å². The van der Waals surface area contributed by atoms with Crippen molar-refractivity contribution in [3.05, 3.63) is 65.8 Å². The fourth-order valence-corrected chi connectivity index (χ4v) is 5.73. The second kappa shape index (κ2) is 9.94. The maximum Gasteiger partial charge on any atom is 0.236 e. The summed E-state index contributed by atoms with van der Waals surface area (Å²) in [6.07, 6.45) is 11.7. The van der Waals surface area contributed by atoms with Gasteiger partial charge in [-0.15, -0.1) is 0 Å². The Kier molecular flexibility index (Phi) is 6.52. The molecule has 5 aliphatic rings. The van der Waals surface area contributed by atoms with Crippen LogP contribution < -0.4 is 10.1 Å². The van der Waals surface area contributed by atoms with Crippen LogP contribution in [0.4, 0.5) is 0 Å². The predicted molar refractivity (Wildman–Crippen MR) is 135 cm³/mol. The van der Waals surface area contributed by atoms with E-state index in [0.717, 1.165) is 56.0 Å². The number of nitrogens with zero attached hydrogens (tertiary/aromatic N) is 2. The van der Waals surface area contributed by atoms with Gasteiger partial charge in [0.15, 0.2) is 0 Å².